The Labute approximate surface area is 164 Å². The van der Waals surface area contributed by atoms with E-state index in [9.17, 15) is 0 Å². The average molecular weight is 371 g/mol. The number of likely N-dealkylation sites (N-methyl/N-ethyl adjacent to an activating group) is 1. The largest absolute Gasteiger partial charge is 0.399 e. The van der Waals surface area contributed by atoms with Crippen molar-refractivity contribution in [2.75, 3.05) is 61.9 Å². The molecule has 2 rings (SSSR count). The van der Waals surface area contributed by atoms with Gasteiger partial charge in [0.05, 0.1) is 39.8 Å². The van der Waals surface area contributed by atoms with E-state index in [1.165, 1.54) is 13.0 Å². The molecule has 5 nitrogen and oxygen atoms in total. The van der Waals surface area contributed by atoms with E-state index in [-0.39, 0.29) is 0 Å². The second-order valence-electron chi connectivity index (χ2n) is 7.79. The van der Waals surface area contributed by atoms with Gasteiger partial charge in [0, 0.05) is 22.7 Å². The third kappa shape index (κ3) is 6.36. The molecule has 148 valence electrons. The second kappa shape index (κ2) is 9.51. The Bertz CT molecular complexity index is 684. The number of anilines is 4. The summed E-state index contributed by atoms with van der Waals surface area (Å²) in [5, 5.41) is 7.09. The Morgan fingerprint density at radius 2 is 1.22 bits per heavy atom. The lowest BCUT2D eigenvalue weighted by molar-refractivity contribution is -0.906. The average Bonchev–Trinajstić information content (AvgIpc) is 2.61. The molecule has 0 atom stereocenters. The van der Waals surface area contributed by atoms with Crippen molar-refractivity contribution in [3.05, 3.63) is 47.5 Å². The Hall–Kier alpha value is -2.40. The zero-order chi connectivity index (χ0) is 19.9. The summed E-state index contributed by atoms with van der Waals surface area (Å²) in [5.74, 6) is 0. The topological polar surface area (TPSA) is 76.1 Å². The van der Waals surface area contributed by atoms with Crippen molar-refractivity contribution >= 4 is 22.7 Å². The third-order valence-corrected chi connectivity index (χ3v) is 5.26. The first-order chi connectivity index (χ1) is 12.8. The predicted molar refractivity (Wildman–Crippen MR) is 119 cm³/mol. The summed E-state index contributed by atoms with van der Waals surface area (Å²) in [6.45, 7) is 11.6. The molecule has 0 fully saturated rings. The van der Waals surface area contributed by atoms with Gasteiger partial charge in [-0.05, 0) is 67.8 Å². The Morgan fingerprint density at radius 3 is 1.59 bits per heavy atom. The summed E-state index contributed by atoms with van der Waals surface area (Å²) in [6, 6.07) is 12.3. The molecular formula is C22H36N5+. The molecule has 0 unspecified atom stereocenters. The normalized spacial score (nSPS) is 11.4. The quantitative estimate of drug-likeness (QED) is 0.378. The van der Waals surface area contributed by atoms with E-state index in [1.807, 2.05) is 26.0 Å². The molecule has 0 spiro atoms. The number of rotatable bonds is 10. The van der Waals surface area contributed by atoms with Gasteiger partial charge in [-0.15, -0.1) is 0 Å². The van der Waals surface area contributed by atoms with E-state index >= 15 is 0 Å². The van der Waals surface area contributed by atoms with E-state index in [0.717, 1.165) is 64.5 Å². The van der Waals surface area contributed by atoms with Crippen LogP contribution in [0.2, 0.25) is 0 Å². The minimum Gasteiger partial charge on any atom is -0.399 e. The highest BCUT2D eigenvalue weighted by Gasteiger charge is 2.19. The van der Waals surface area contributed by atoms with Gasteiger partial charge in [-0.1, -0.05) is 6.92 Å². The van der Waals surface area contributed by atoms with E-state index in [0.29, 0.717) is 0 Å². The van der Waals surface area contributed by atoms with E-state index in [4.69, 9.17) is 11.5 Å². The number of hydrogen-bond donors (Lipinski definition) is 4. The summed E-state index contributed by atoms with van der Waals surface area (Å²) in [7, 11) is 2.34. The molecule has 0 amide bonds. The van der Waals surface area contributed by atoms with Crippen LogP contribution in [0.25, 0.3) is 0 Å². The fourth-order valence-corrected chi connectivity index (χ4v) is 3.39. The highest BCUT2D eigenvalue weighted by molar-refractivity contribution is 5.57. The molecule has 0 saturated carbocycles. The molecule has 0 heterocycles. The smallest absolute Gasteiger partial charge is 0.0960 e. The number of nitrogens with one attached hydrogen (secondary N) is 2. The Kier molecular flexibility index (Phi) is 7.36. The number of aryl methyl sites for hydroxylation is 2. The number of nitrogens with zero attached hydrogens (tertiary/aromatic N) is 1. The molecule has 2 aromatic rings. The molecule has 0 aliphatic rings. The third-order valence-electron chi connectivity index (χ3n) is 5.26. The van der Waals surface area contributed by atoms with Crippen LogP contribution >= 0.6 is 0 Å². The molecule has 0 aliphatic heterocycles. The maximum Gasteiger partial charge on any atom is 0.0960 e. The van der Waals surface area contributed by atoms with Gasteiger partial charge in [-0.2, -0.15) is 0 Å². The van der Waals surface area contributed by atoms with Gasteiger partial charge < -0.3 is 26.6 Å². The number of nitrogens with two attached hydrogens (primary N) is 2. The maximum atomic E-state index is 5.90. The SMILES string of the molecule is CCC[N+](C)(CCNc1ccc(N)c(C)c1)CCNc1ccc(N)c(C)c1. The molecule has 0 aliphatic carbocycles. The van der Waals surface area contributed by atoms with Crippen LogP contribution in [-0.2, 0) is 0 Å². The van der Waals surface area contributed by atoms with Gasteiger partial charge in [-0.3, -0.25) is 0 Å². The van der Waals surface area contributed by atoms with Crippen LogP contribution in [0.4, 0.5) is 22.7 Å². The standard InChI is InChI=1S/C22H36N5/c1-5-12-27(4,13-10-25-19-6-8-21(23)17(2)15-19)14-11-26-20-7-9-22(24)18(3)16-20/h6-9,15-16,25-26H,5,10-14,23-24H2,1-4H3/q+1. The first kappa shape index (κ1) is 20.9. The number of nitrogen functional groups attached to an aromatic ring is 2. The van der Waals surface area contributed by atoms with Crippen LogP contribution in [0.15, 0.2) is 36.4 Å². The van der Waals surface area contributed by atoms with E-state index in [1.54, 1.807) is 0 Å². The number of hydrogen-bond acceptors (Lipinski definition) is 4. The molecule has 0 radical (unpaired) electrons. The van der Waals surface area contributed by atoms with Gasteiger partial charge in [0.15, 0.2) is 0 Å². The molecule has 6 N–H and O–H groups in total. The van der Waals surface area contributed by atoms with Crippen molar-refractivity contribution in [1.29, 1.82) is 0 Å². The summed E-state index contributed by atoms with van der Waals surface area (Å²) in [6.07, 6.45) is 1.18. The fraction of sp³-hybridized carbons (Fsp3) is 0.455. The second-order valence-corrected chi connectivity index (χ2v) is 7.79. The zero-order valence-corrected chi connectivity index (χ0v) is 17.3. The highest BCUT2D eigenvalue weighted by Crippen LogP contribution is 2.18. The lowest BCUT2D eigenvalue weighted by Gasteiger charge is -2.35. The zero-order valence-electron chi connectivity index (χ0n) is 17.3. The monoisotopic (exact) mass is 370 g/mol. The van der Waals surface area contributed by atoms with Gasteiger partial charge in [0.25, 0.3) is 0 Å². The summed E-state index contributed by atoms with van der Waals surface area (Å²) >= 11 is 0. The van der Waals surface area contributed by atoms with Crippen LogP contribution in [0, 0.1) is 13.8 Å². The van der Waals surface area contributed by atoms with Crippen LogP contribution in [0.1, 0.15) is 24.5 Å². The molecule has 5 heteroatoms. The summed E-state index contributed by atoms with van der Waals surface area (Å²) in [4.78, 5) is 0. The predicted octanol–water partition coefficient (Wildman–Crippen LogP) is 3.85. The lowest BCUT2D eigenvalue weighted by Crippen LogP contribution is -2.50. The number of quaternary nitrogens is 1. The Balaban J connectivity index is 1.85. The van der Waals surface area contributed by atoms with Crippen LogP contribution in [-0.4, -0.2) is 44.3 Å². The highest BCUT2D eigenvalue weighted by atomic mass is 15.3. The van der Waals surface area contributed by atoms with E-state index < -0.39 is 0 Å². The lowest BCUT2D eigenvalue weighted by atomic mass is 10.2. The number of benzene rings is 2. The van der Waals surface area contributed by atoms with Crippen molar-refractivity contribution in [3.8, 4) is 0 Å². The fourth-order valence-electron chi connectivity index (χ4n) is 3.39. The molecule has 0 saturated heterocycles. The molecule has 0 aromatic heterocycles. The first-order valence-corrected chi connectivity index (χ1v) is 9.86. The van der Waals surface area contributed by atoms with Crippen molar-refractivity contribution in [2.45, 2.75) is 27.2 Å². The van der Waals surface area contributed by atoms with Crippen LogP contribution in [0.5, 0.6) is 0 Å². The summed E-state index contributed by atoms with van der Waals surface area (Å²) in [5.41, 5.74) is 18.0. The van der Waals surface area contributed by atoms with E-state index in [2.05, 4.69) is 48.9 Å². The molecule has 27 heavy (non-hydrogen) atoms. The van der Waals surface area contributed by atoms with Crippen LogP contribution in [0.3, 0.4) is 0 Å². The minimum absolute atomic E-state index is 0.844. The van der Waals surface area contributed by atoms with Crippen LogP contribution < -0.4 is 22.1 Å². The minimum atomic E-state index is 0.844. The maximum absolute atomic E-state index is 5.90. The van der Waals surface area contributed by atoms with Gasteiger partial charge in [0.2, 0.25) is 0 Å². The first-order valence-electron chi connectivity index (χ1n) is 9.86. The molecule has 2 aromatic carbocycles. The van der Waals surface area contributed by atoms with Crippen molar-refractivity contribution in [2.24, 2.45) is 0 Å². The molecule has 0 bridgehead atoms. The molecular weight excluding hydrogens is 334 g/mol. The van der Waals surface area contributed by atoms with Gasteiger partial charge in [-0.25, -0.2) is 0 Å². The van der Waals surface area contributed by atoms with Crippen molar-refractivity contribution < 1.29 is 4.48 Å². The van der Waals surface area contributed by atoms with Gasteiger partial charge >= 0.3 is 0 Å². The Morgan fingerprint density at radius 1 is 0.778 bits per heavy atom. The summed E-state index contributed by atoms with van der Waals surface area (Å²) < 4.78 is 1.04. The van der Waals surface area contributed by atoms with Crippen molar-refractivity contribution in [3.63, 3.8) is 0 Å². The van der Waals surface area contributed by atoms with Crippen molar-refractivity contribution in [1.82, 2.24) is 0 Å². The van der Waals surface area contributed by atoms with Gasteiger partial charge in [0.1, 0.15) is 0 Å².